The van der Waals surface area contributed by atoms with Crippen LogP contribution in [0.25, 0.3) is 82.8 Å². The van der Waals surface area contributed by atoms with Gasteiger partial charge < -0.3 is 9.47 Å². The van der Waals surface area contributed by atoms with Crippen molar-refractivity contribution in [3.8, 4) is 50.2 Å². The maximum atomic E-state index is 2.49. The van der Waals surface area contributed by atoms with Crippen LogP contribution in [0.2, 0.25) is 0 Å². The van der Waals surface area contributed by atoms with Gasteiger partial charge in [0.1, 0.15) is 0 Å². The molecule has 0 unspecified atom stereocenters. The molecule has 2 heteroatoms. The largest absolute Gasteiger partial charge is 0.310 e. The molecule has 0 amide bonds. The van der Waals surface area contributed by atoms with Crippen LogP contribution in [0.15, 0.2) is 231 Å². The lowest BCUT2D eigenvalue weighted by Crippen LogP contribution is -2.10. The molecule has 294 valence electrons. The molecule has 11 aromatic rings. The van der Waals surface area contributed by atoms with Gasteiger partial charge in [-0.25, -0.2) is 0 Å². The minimum absolute atomic E-state index is 1.10. The zero-order valence-corrected chi connectivity index (χ0v) is 34.8. The van der Waals surface area contributed by atoms with Crippen LogP contribution in [-0.2, 0) is 0 Å². The van der Waals surface area contributed by atoms with Crippen molar-refractivity contribution in [3.63, 3.8) is 0 Å². The summed E-state index contributed by atoms with van der Waals surface area (Å²) in [6.07, 6.45) is 0. The lowest BCUT2D eigenvalue weighted by molar-refractivity contribution is 1.18. The summed E-state index contributed by atoms with van der Waals surface area (Å²) in [5, 5.41) is 4.94. The fraction of sp³-hybridized carbons (Fsp3) is 0.0333. The van der Waals surface area contributed by atoms with Crippen molar-refractivity contribution < 1.29 is 0 Å². The van der Waals surface area contributed by atoms with Crippen molar-refractivity contribution in [1.82, 2.24) is 4.57 Å². The summed E-state index contributed by atoms with van der Waals surface area (Å²) in [7, 11) is 0. The number of anilines is 3. The summed E-state index contributed by atoms with van der Waals surface area (Å²) in [6.45, 7) is 4.55. The Hall–Kier alpha value is -7.94. The van der Waals surface area contributed by atoms with Gasteiger partial charge in [0.15, 0.2) is 0 Å². The molecule has 1 aromatic heterocycles. The number of rotatable bonds is 8. The SMILES string of the molecule is Cc1ccccc1-c1c(C)c(-c2cccc(N(c3ccc(-c4ccccc4)cc3)c3ccc(-c4ccccc4)cc3)c2)cc2c3ccccc3n(-c3ccc4ccccc4c3)c12. The molecule has 11 rings (SSSR count). The second-order valence-corrected chi connectivity index (χ2v) is 16.2. The van der Waals surface area contributed by atoms with Crippen molar-refractivity contribution >= 4 is 49.6 Å². The van der Waals surface area contributed by atoms with Crippen molar-refractivity contribution in [3.05, 3.63) is 242 Å². The topological polar surface area (TPSA) is 8.17 Å². The van der Waals surface area contributed by atoms with Gasteiger partial charge in [-0.2, -0.15) is 0 Å². The van der Waals surface area contributed by atoms with E-state index in [9.17, 15) is 0 Å². The Balaban J connectivity index is 1.12. The van der Waals surface area contributed by atoms with Crippen molar-refractivity contribution in [2.24, 2.45) is 0 Å². The van der Waals surface area contributed by atoms with E-state index < -0.39 is 0 Å². The van der Waals surface area contributed by atoms with Crippen LogP contribution in [0, 0.1) is 13.8 Å². The molecule has 0 fully saturated rings. The average molecular weight is 793 g/mol. The van der Waals surface area contributed by atoms with E-state index in [0.29, 0.717) is 0 Å². The zero-order chi connectivity index (χ0) is 41.6. The molecule has 0 bridgehead atoms. The predicted molar refractivity (Wildman–Crippen MR) is 264 cm³/mol. The molecule has 0 radical (unpaired) electrons. The Morgan fingerprint density at radius 3 is 1.60 bits per heavy atom. The van der Waals surface area contributed by atoms with E-state index in [1.165, 1.54) is 88.2 Å². The van der Waals surface area contributed by atoms with E-state index in [4.69, 9.17) is 0 Å². The molecule has 0 aliphatic rings. The number of fused-ring (bicyclic) bond motifs is 4. The van der Waals surface area contributed by atoms with E-state index in [0.717, 1.165) is 22.7 Å². The number of aromatic nitrogens is 1. The second-order valence-electron chi connectivity index (χ2n) is 16.2. The average Bonchev–Trinajstić information content (AvgIpc) is 3.66. The van der Waals surface area contributed by atoms with Crippen LogP contribution >= 0.6 is 0 Å². The lowest BCUT2D eigenvalue weighted by atomic mass is 9.88. The Bertz CT molecular complexity index is 3310. The standard InChI is InChI=1S/C60H44N2/c1-41-16-9-12-25-54(41)59-42(2)56(40-57-55-26-13-14-27-58(55)62(60(57)59)53-37-32-45-21-10-11-22-48(45)38-53)49-23-15-24-52(39-49)61(50-33-28-46(29-34-50)43-17-5-3-6-18-43)51-35-30-47(31-36-51)44-19-7-4-8-20-44/h3-40H,1-2H3. The fourth-order valence-electron chi connectivity index (χ4n) is 9.42. The Morgan fingerprint density at radius 1 is 0.355 bits per heavy atom. The monoisotopic (exact) mass is 792 g/mol. The predicted octanol–water partition coefficient (Wildman–Crippen LogP) is 16.7. The summed E-state index contributed by atoms with van der Waals surface area (Å²) in [5.74, 6) is 0. The van der Waals surface area contributed by atoms with Gasteiger partial charge in [-0.05, 0) is 135 Å². The summed E-state index contributed by atoms with van der Waals surface area (Å²) in [4.78, 5) is 2.38. The van der Waals surface area contributed by atoms with E-state index in [-0.39, 0.29) is 0 Å². The zero-order valence-electron chi connectivity index (χ0n) is 34.8. The van der Waals surface area contributed by atoms with Crippen LogP contribution in [0.5, 0.6) is 0 Å². The Labute approximate surface area is 363 Å². The van der Waals surface area contributed by atoms with Gasteiger partial charge in [-0.1, -0.05) is 170 Å². The minimum Gasteiger partial charge on any atom is -0.310 e. The third-order valence-electron chi connectivity index (χ3n) is 12.5. The van der Waals surface area contributed by atoms with Gasteiger partial charge in [0.05, 0.1) is 11.0 Å². The normalized spacial score (nSPS) is 11.4. The van der Waals surface area contributed by atoms with Gasteiger partial charge in [0, 0.05) is 39.1 Å². The molecule has 0 saturated carbocycles. The molecular weight excluding hydrogens is 749 g/mol. The number of hydrogen-bond donors (Lipinski definition) is 0. The minimum atomic E-state index is 1.10. The number of hydrogen-bond acceptors (Lipinski definition) is 1. The molecule has 0 atom stereocenters. The number of para-hydroxylation sites is 1. The first kappa shape index (κ1) is 37.1. The molecule has 0 saturated heterocycles. The first-order valence-electron chi connectivity index (χ1n) is 21.4. The molecule has 0 aliphatic heterocycles. The van der Waals surface area contributed by atoms with Gasteiger partial charge in [-0.3, -0.25) is 0 Å². The van der Waals surface area contributed by atoms with Crippen LogP contribution < -0.4 is 4.90 Å². The number of aryl methyl sites for hydroxylation is 1. The van der Waals surface area contributed by atoms with Gasteiger partial charge in [-0.15, -0.1) is 0 Å². The first-order valence-corrected chi connectivity index (χ1v) is 21.4. The Kier molecular flexibility index (Phi) is 9.32. The highest BCUT2D eigenvalue weighted by Gasteiger charge is 2.23. The Morgan fingerprint density at radius 2 is 0.919 bits per heavy atom. The molecule has 62 heavy (non-hydrogen) atoms. The van der Waals surface area contributed by atoms with E-state index in [1.54, 1.807) is 0 Å². The maximum Gasteiger partial charge on any atom is 0.0622 e. The molecule has 2 nitrogen and oxygen atoms in total. The van der Waals surface area contributed by atoms with Crippen molar-refractivity contribution in [1.29, 1.82) is 0 Å². The van der Waals surface area contributed by atoms with E-state index in [1.807, 2.05) is 0 Å². The molecule has 10 aromatic carbocycles. The van der Waals surface area contributed by atoms with Gasteiger partial charge in [0.2, 0.25) is 0 Å². The summed E-state index contributed by atoms with van der Waals surface area (Å²) >= 11 is 0. The van der Waals surface area contributed by atoms with E-state index >= 15 is 0 Å². The van der Waals surface area contributed by atoms with Crippen molar-refractivity contribution in [2.45, 2.75) is 13.8 Å². The third-order valence-corrected chi connectivity index (χ3v) is 12.5. The van der Waals surface area contributed by atoms with Crippen LogP contribution in [0.1, 0.15) is 11.1 Å². The molecule has 0 aliphatic carbocycles. The van der Waals surface area contributed by atoms with Gasteiger partial charge >= 0.3 is 0 Å². The summed E-state index contributed by atoms with van der Waals surface area (Å²) in [5.41, 5.74) is 19.1. The highest BCUT2D eigenvalue weighted by atomic mass is 15.1. The molecule has 1 heterocycles. The number of nitrogens with zero attached hydrogens (tertiary/aromatic N) is 2. The third kappa shape index (κ3) is 6.54. The van der Waals surface area contributed by atoms with Gasteiger partial charge in [0.25, 0.3) is 0 Å². The first-order chi connectivity index (χ1) is 30.6. The maximum absolute atomic E-state index is 2.49. The van der Waals surface area contributed by atoms with Crippen LogP contribution in [0.4, 0.5) is 17.1 Å². The molecular formula is C60H44N2. The quantitative estimate of drug-likeness (QED) is 0.149. The highest BCUT2D eigenvalue weighted by molar-refractivity contribution is 6.16. The lowest BCUT2D eigenvalue weighted by Gasteiger charge is -2.27. The fourth-order valence-corrected chi connectivity index (χ4v) is 9.42. The molecule has 0 N–H and O–H groups in total. The number of benzene rings is 10. The molecule has 0 spiro atoms. The van der Waals surface area contributed by atoms with Crippen LogP contribution in [0.3, 0.4) is 0 Å². The highest BCUT2D eigenvalue weighted by Crippen LogP contribution is 2.46. The summed E-state index contributed by atoms with van der Waals surface area (Å²) < 4.78 is 2.49. The smallest absolute Gasteiger partial charge is 0.0622 e. The van der Waals surface area contributed by atoms with Crippen molar-refractivity contribution in [2.75, 3.05) is 4.90 Å². The second kappa shape index (κ2) is 15.6. The van der Waals surface area contributed by atoms with E-state index in [2.05, 4.69) is 254 Å². The summed E-state index contributed by atoms with van der Waals surface area (Å²) in [6, 6.07) is 83.9. The van der Waals surface area contributed by atoms with Crippen LogP contribution in [-0.4, -0.2) is 4.57 Å².